The minimum absolute atomic E-state index is 0.164. The number of hydrogen-bond acceptors (Lipinski definition) is 4. The number of fused-ring (bicyclic) bond motifs is 1. The van der Waals surface area contributed by atoms with Crippen molar-refractivity contribution in [3.63, 3.8) is 0 Å². The zero-order chi connectivity index (χ0) is 12.4. The second-order valence-corrected chi connectivity index (χ2v) is 4.28. The van der Waals surface area contributed by atoms with Crippen LogP contribution in [-0.4, -0.2) is 32.4 Å². The van der Waals surface area contributed by atoms with Gasteiger partial charge in [0.05, 0.1) is 12.3 Å². The van der Waals surface area contributed by atoms with E-state index < -0.39 is 6.10 Å². The summed E-state index contributed by atoms with van der Waals surface area (Å²) >= 11 is 0. The van der Waals surface area contributed by atoms with E-state index in [1.807, 2.05) is 13.8 Å². The van der Waals surface area contributed by atoms with Gasteiger partial charge in [0.15, 0.2) is 5.65 Å². The van der Waals surface area contributed by atoms with Gasteiger partial charge in [-0.05, 0) is 18.1 Å². The van der Waals surface area contributed by atoms with Gasteiger partial charge in [-0.1, -0.05) is 13.8 Å². The standard InChI is InChI=1S/C11H15FN4O/c1-7(2)9(17)5-13-11-14-10-4-3-8(12)6-16(10)15-11/h3-4,6-7,9,17H,5H2,1-2H3,(H,13,15). The van der Waals surface area contributed by atoms with E-state index >= 15 is 0 Å². The van der Waals surface area contributed by atoms with Crippen molar-refractivity contribution in [2.24, 2.45) is 5.92 Å². The number of nitrogens with zero attached hydrogens (tertiary/aromatic N) is 3. The van der Waals surface area contributed by atoms with Crippen molar-refractivity contribution in [3.8, 4) is 0 Å². The molecule has 0 aliphatic carbocycles. The maximum absolute atomic E-state index is 12.9. The fraction of sp³-hybridized carbons (Fsp3) is 0.455. The van der Waals surface area contributed by atoms with Crippen LogP contribution < -0.4 is 5.32 Å². The van der Waals surface area contributed by atoms with Crippen LogP contribution in [0.25, 0.3) is 5.65 Å². The number of nitrogens with one attached hydrogen (secondary N) is 1. The molecule has 2 rings (SSSR count). The summed E-state index contributed by atoms with van der Waals surface area (Å²) in [7, 11) is 0. The molecule has 0 spiro atoms. The average molecular weight is 238 g/mol. The molecule has 2 N–H and O–H groups in total. The van der Waals surface area contributed by atoms with Crippen molar-refractivity contribution in [3.05, 3.63) is 24.1 Å². The highest BCUT2D eigenvalue weighted by Gasteiger charge is 2.10. The summed E-state index contributed by atoms with van der Waals surface area (Å²) in [5, 5.41) is 16.6. The molecule has 17 heavy (non-hydrogen) atoms. The van der Waals surface area contributed by atoms with Crippen molar-refractivity contribution in [1.82, 2.24) is 14.6 Å². The summed E-state index contributed by atoms with van der Waals surface area (Å²) in [6.45, 7) is 4.23. The Hall–Kier alpha value is -1.69. The molecular weight excluding hydrogens is 223 g/mol. The van der Waals surface area contributed by atoms with E-state index in [0.717, 1.165) is 0 Å². The summed E-state index contributed by atoms with van der Waals surface area (Å²) in [6.07, 6.45) is 0.796. The molecule has 0 saturated heterocycles. The van der Waals surface area contributed by atoms with Gasteiger partial charge in [0.1, 0.15) is 5.82 Å². The van der Waals surface area contributed by atoms with Crippen LogP contribution >= 0.6 is 0 Å². The lowest BCUT2D eigenvalue weighted by Gasteiger charge is -2.13. The van der Waals surface area contributed by atoms with Crippen LogP contribution in [0.3, 0.4) is 0 Å². The van der Waals surface area contributed by atoms with E-state index in [1.54, 1.807) is 6.07 Å². The third-order valence-corrected chi connectivity index (χ3v) is 2.53. The normalized spacial score (nSPS) is 13.2. The van der Waals surface area contributed by atoms with Gasteiger partial charge in [-0.15, -0.1) is 5.10 Å². The van der Waals surface area contributed by atoms with Crippen LogP contribution in [0.1, 0.15) is 13.8 Å². The van der Waals surface area contributed by atoms with Crippen LogP contribution in [0.5, 0.6) is 0 Å². The van der Waals surface area contributed by atoms with E-state index in [4.69, 9.17) is 0 Å². The van der Waals surface area contributed by atoms with Crippen molar-refractivity contribution in [2.45, 2.75) is 20.0 Å². The van der Waals surface area contributed by atoms with Gasteiger partial charge >= 0.3 is 0 Å². The Kier molecular flexibility index (Phi) is 3.23. The molecule has 1 unspecified atom stereocenters. The first-order valence-corrected chi connectivity index (χ1v) is 5.50. The van der Waals surface area contributed by atoms with E-state index in [1.165, 1.54) is 16.8 Å². The minimum Gasteiger partial charge on any atom is -0.391 e. The Bertz CT molecular complexity index is 511. The SMILES string of the molecule is CC(C)C(O)CNc1nc2ccc(F)cn2n1. The van der Waals surface area contributed by atoms with Crippen molar-refractivity contribution >= 4 is 11.6 Å². The second kappa shape index (κ2) is 4.67. The fourth-order valence-corrected chi connectivity index (χ4v) is 1.36. The van der Waals surface area contributed by atoms with E-state index in [2.05, 4.69) is 15.4 Å². The highest BCUT2D eigenvalue weighted by Crippen LogP contribution is 2.08. The molecular formula is C11H15FN4O. The van der Waals surface area contributed by atoms with Crippen LogP contribution in [0.15, 0.2) is 18.3 Å². The highest BCUT2D eigenvalue weighted by molar-refractivity contribution is 5.43. The monoisotopic (exact) mass is 238 g/mol. The average Bonchev–Trinajstić information content (AvgIpc) is 2.67. The number of anilines is 1. The van der Waals surface area contributed by atoms with Crippen LogP contribution in [-0.2, 0) is 0 Å². The zero-order valence-electron chi connectivity index (χ0n) is 9.76. The van der Waals surface area contributed by atoms with Crippen LogP contribution in [0, 0.1) is 11.7 Å². The molecule has 2 aromatic heterocycles. The number of aliphatic hydroxyl groups is 1. The lowest BCUT2D eigenvalue weighted by molar-refractivity contribution is 0.137. The number of rotatable bonds is 4. The molecule has 0 radical (unpaired) electrons. The molecule has 6 heteroatoms. The van der Waals surface area contributed by atoms with E-state index in [-0.39, 0.29) is 11.7 Å². The molecule has 0 aliphatic rings. The maximum Gasteiger partial charge on any atom is 0.243 e. The van der Waals surface area contributed by atoms with E-state index in [9.17, 15) is 9.50 Å². The van der Waals surface area contributed by atoms with Crippen LogP contribution in [0.4, 0.5) is 10.3 Å². The number of aliphatic hydroxyl groups excluding tert-OH is 1. The van der Waals surface area contributed by atoms with Gasteiger partial charge < -0.3 is 10.4 Å². The van der Waals surface area contributed by atoms with Gasteiger partial charge in [0.2, 0.25) is 5.95 Å². The molecule has 0 bridgehead atoms. The maximum atomic E-state index is 12.9. The summed E-state index contributed by atoms with van der Waals surface area (Å²) in [5.41, 5.74) is 0.563. The zero-order valence-corrected chi connectivity index (χ0v) is 9.76. The number of aromatic nitrogens is 3. The predicted octanol–water partition coefficient (Wildman–Crippen LogP) is 1.30. The molecule has 5 nitrogen and oxygen atoms in total. The highest BCUT2D eigenvalue weighted by atomic mass is 19.1. The largest absolute Gasteiger partial charge is 0.391 e. The molecule has 2 heterocycles. The van der Waals surface area contributed by atoms with Gasteiger partial charge in [0, 0.05) is 6.54 Å². The lowest BCUT2D eigenvalue weighted by atomic mass is 10.1. The lowest BCUT2D eigenvalue weighted by Crippen LogP contribution is -2.25. The third kappa shape index (κ3) is 2.71. The molecule has 0 fully saturated rings. The number of hydrogen-bond donors (Lipinski definition) is 2. The first-order chi connectivity index (χ1) is 8.06. The number of halogens is 1. The molecule has 0 aliphatic heterocycles. The van der Waals surface area contributed by atoms with Crippen molar-refractivity contribution in [2.75, 3.05) is 11.9 Å². The first kappa shape index (κ1) is 11.8. The van der Waals surface area contributed by atoms with Gasteiger partial charge in [-0.2, -0.15) is 4.98 Å². The molecule has 0 saturated carbocycles. The molecule has 92 valence electrons. The molecule has 1 atom stereocenters. The first-order valence-electron chi connectivity index (χ1n) is 5.50. The van der Waals surface area contributed by atoms with Crippen molar-refractivity contribution in [1.29, 1.82) is 0 Å². The van der Waals surface area contributed by atoms with Crippen molar-refractivity contribution < 1.29 is 9.50 Å². The van der Waals surface area contributed by atoms with Gasteiger partial charge in [0.25, 0.3) is 0 Å². The Morgan fingerprint density at radius 3 is 2.94 bits per heavy atom. The quantitative estimate of drug-likeness (QED) is 0.842. The Balaban J connectivity index is 2.09. The third-order valence-electron chi connectivity index (χ3n) is 2.53. The summed E-state index contributed by atoms with van der Waals surface area (Å²) in [4.78, 5) is 4.15. The summed E-state index contributed by atoms with van der Waals surface area (Å²) in [5.74, 6) is 0.184. The molecule has 2 aromatic rings. The number of pyridine rings is 1. The second-order valence-electron chi connectivity index (χ2n) is 4.28. The Labute approximate surface area is 98.3 Å². The smallest absolute Gasteiger partial charge is 0.243 e. The van der Waals surface area contributed by atoms with E-state index in [0.29, 0.717) is 18.1 Å². The fourth-order valence-electron chi connectivity index (χ4n) is 1.36. The predicted molar refractivity (Wildman–Crippen MR) is 62.3 cm³/mol. The van der Waals surface area contributed by atoms with Gasteiger partial charge in [-0.25, -0.2) is 8.91 Å². The molecule has 0 aromatic carbocycles. The Morgan fingerprint density at radius 2 is 2.24 bits per heavy atom. The summed E-state index contributed by atoms with van der Waals surface area (Å²) < 4.78 is 14.3. The minimum atomic E-state index is -0.460. The topological polar surface area (TPSA) is 62.5 Å². The Morgan fingerprint density at radius 1 is 1.47 bits per heavy atom. The van der Waals surface area contributed by atoms with Crippen LogP contribution in [0.2, 0.25) is 0 Å². The van der Waals surface area contributed by atoms with Gasteiger partial charge in [-0.3, -0.25) is 0 Å². The molecule has 0 amide bonds. The summed E-state index contributed by atoms with van der Waals surface area (Å²) in [6, 6.07) is 2.88.